The van der Waals surface area contributed by atoms with Crippen LogP contribution in [0.25, 0.3) is 0 Å². The number of amides is 4. The molecule has 0 aliphatic carbocycles. The zero-order chi connectivity index (χ0) is 24.3. The van der Waals surface area contributed by atoms with Crippen molar-refractivity contribution in [1.82, 2.24) is 14.5 Å². The number of carbonyl (C=O) groups is 3. The number of carbonyl (C=O) groups excluding carboxylic acids is 3. The molecule has 0 saturated carbocycles. The first-order valence-corrected chi connectivity index (χ1v) is 12.8. The van der Waals surface area contributed by atoms with Gasteiger partial charge in [-0.15, -0.1) is 0 Å². The van der Waals surface area contributed by atoms with Crippen LogP contribution in [0.3, 0.4) is 0 Å². The van der Waals surface area contributed by atoms with Gasteiger partial charge in [-0.25, -0.2) is 13.2 Å². The minimum Gasteiger partial charge on any atom is -0.324 e. The largest absolute Gasteiger partial charge is 0.325 e. The van der Waals surface area contributed by atoms with Gasteiger partial charge >= 0.3 is 6.03 Å². The fourth-order valence-electron chi connectivity index (χ4n) is 4.46. The number of anilines is 1. The molecule has 0 spiro atoms. The molecular weight excluding hydrogens is 456 g/mol. The highest BCUT2D eigenvalue weighted by atomic mass is 32.2. The first-order chi connectivity index (χ1) is 16.3. The SMILES string of the molecule is CC[C@@]1(c2ccccc2)NC(=O)N(CC(=O)Nc2cccc(S(=O)(=O)N3CCCCC3)c2)C1=O. The number of piperidine rings is 1. The summed E-state index contributed by atoms with van der Waals surface area (Å²) in [7, 11) is -3.66. The van der Waals surface area contributed by atoms with Crippen molar-refractivity contribution in [3.8, 4) is 0 Å². The van der Waals surface area contributed by atoms with Crippen LogP contribution in [0.1, 0.15) is 38.2 Å². The van der Waals surface area contributed by atoms with Crippen molar-refractivity contribution in [2.24, 2.45) is 0 Å². The number of sulfonamides is 1. The number of hydrogen-bond donors (Lipinski definition) is 2. The maximum atomic E-state index is 13.2. The summed E-state index contributed by atoms with van der Waals surface area (Å²) in [5.41, 5.74) is -0.296. The standard InChI is InChI=1S/C24H28N4O5S/c1-2-24(18-10-5-3-6-11-18)22(30)28(23(31)26-24)17-21(29)25-19-12-9-13-20(16-19)34(32,33)27-14-7-4-8-15-27/h3,5-6,9-13,16H,2,4,7-8,14-15,17H2,1H3,(H,25,29)(H,26,31)/t24-/m0/s1. The summed E-state index contributed by atoms with van der Waals surface area (Å²) >= 11 is 0. The maximum Gasteiger partial charge on any atom is 0.325 e. The molecule has 2 aliphatic rings. The Balaban J connectivity index is 1.47. The summed E-state index contributed by atoms with van der Waals surface area (Å²) in [6.07, 6.45) is 2.98. The first kappa shape index (κ1) is 23.9. The number of rotatable bonds is 7. The Morgan fingerprint density at radius 1 is 1.03 bits per heavy atom. The smallest absolute Gasteiger partial charge is 0.324 e. The molecule has 0 unspecified atom stereocenters. The summed E-state index contributed by atoms with van der Waals surface area (Å²) in [6.45, 7) is 2.27. The van der Waals surface area contributed by atoms with Crippen LogP contribution in [0.2, 0.25) is 0 Å². The van der Waals surface area contributed by atoms with Crippen LogP contribution in [0, 0.1) is 0 Å². The van der Waals surface area contributed by atoms with Gasteiger partial charge in [-0.3, -0.25) is 14.5 Å². The third-order valence-corrected chi connectivity index (χ3v) is 8.24. The van der Waals surface area contributed by atoms with E-state index in [1.165, 1.54) is 16.4 Å². The van der Waals surface area contributed by atoms with Crippen LogP contribution in [0.5, 0.6) is 0 Å². The Bertz CT molecular complexity index is 1190. The van der Waals surface area contributed by atoms with Crippen LogP contribution < -0.4 is 10.6 Å². The van der Waals surface area contributed by atoms with Crippen molar-refractivity contribution in [3.05, 3.63) is 60.2 Å². The van der Waals surface area contributed by atoms with E-state index in [1.54, 1.807) is 43.3 Å². The van der Waals surface area contributed by atoms with Crippen molar-refractivity contribution >= 4 is 33.6 Å². The zero-order valence-corrected chi connectivity index (χ0v) is 19.8. The topological polar surface area (TPSA) is 116 Å². The Kier molecular flexibility index (Phi) is 6.72. The Labute approximate surface area is 199 Å². The lowest BCUT2D eigenvalue weighted by atomic mass is 9.87. The van der Waals surface area contributed by atoms with Crippen molar-refractivity contribution < 1.29 is 22.8 Å². The average molecular weight is 485 g/mol. The van der Waals surface area contributed by atoms with Crippen LogP contribution in [-0.4, -0.2) is 55.1 Å². The lowest BCUT2D eigenvalue weighted by Crippen LogP contribution is -2.44. The van der Waals surface area contributed by atoms with E-state index < -0.39 is 40.0 Å². The van der Waals surface area contributed by atoms with E-state index in [2.05, 4.69) is 10.6 Å². The molecule has 2 N–H and O–H groups in total. The van der Waals surface area contributed by atoms with Gasteiger partial charge in [0.25, 0.3) is 5.91 Å². The summed E-state index contributed by atoms with van der Waals surface area (Å²) in [5, 5.41) is 5.36. The summed E-state index contributed by atoms with van der Waals surface area (Å²) < 4.78 is 27.3. The number of urea groups is 1. The molecule has 2 aromatic carbocycles. The van der Waals surface area contributed by atoms with Gasteiger partial charge in [0, 0.05) is 18.8 Å². The maximum absolute atomic E-state index is 13.2. The number of nitrogens with one attached hydrogen (secondary N) is 2. The fraction of sp³-hybridized carbons (Fsp3) is 0.375. The van der Waals surface area contributed by atoms with E-state index in [0.29, 0.717) is 25.1 Å². The molecule has 0 aromatic heterocycles. The van der Waals surface area contributed by atoms with Gasteiger partial charge in [0.1, 0.15) is 12.1 Å². The van der Waals surface area contributed by atoms with Gasteiger partial charge < -0.3 is 10.6 Å². The normalized spacial score (nSPS) is 21.4. The number of hydrogen-bond acceptors (Lipinski definition) is 5. The molecule has 34 heavy (non-hydrogen) atoms. The van der Waals surface area contributed by atoms with E-state index in [4.69, 9.17) is 0 Å². The summed E-state index contributed by atoms with van der Waals surface area (Å²) in [6, 6.07) is 14.3. The lowest BCUT2D eigenvalue weighted by Gasteiger charge is -2.26. The molecule has 0 bridgehead atoms. The Morgan fingerprint density at radius 3 is 2.41 bits per heavy atom. The molecule has 2 fully saturated rings. The van der Waals surface area contributed by atoms with Gasteiger partial charge in [0.15, 0.2) is 0 Å². The summed E-state index contributed by atoms with van der Waals surface area (Å²) in [4.78, 5) is 39.5. The monoisotopic (exact) mass is 484 g/mol. The number of benzene rings is 2. The molecule has 10 heteroatoms. The Morgan fingerprint density at radius 2 is 1.74 bits per heavy atom. The van der Waals surface area contributed by atoms with Gasteiger partial charge in [-0.05, 0) is 43.0 Å². The predicted molar refractivity (Wildman–Crippen MR) is 126 cm³/mol. The minimum absolute atomic E-state index is 0.0938. The zero-order valence-electron chi connectivity index (χ0n) is 19.0. The molecule has 0 radical (unpaired) electrons. The number of imide groups is 1. The molecule has 9 nitrogen and oxygen atoms in total. The van der Waals surface area contributed by atoms with Crippen molar-refractivity contribution in [2.45, 2.75) is 43.0 Å². The quantitative estimate of drug-likeness (QED) is 0.586. The summed E-state index contributed by atoms with van der Waals surface area (Å²) in [5.74, 6) is -1.10. The van der Waals surface area contributed by atoms with Crippen molar-refractivity contribution in [2.75, 3.05) is 25.0 Å². The second kappa shape index (κ2) is 9.55. The van der Waals surface area contributed by atoms with Crippen LogP contribution in [0.15, 0.2) is 59.5 Å². The second-order valence-corrected chi connectivity index (χ2v) is 10.4. The third kappa shape index (κ3) is 4.43. The molecule has 1 atom stereocenters. The number of nitrogens with zero attached hydrogens (tertiary/aromatic N) is 2. The molecule has 180 valence electrons. The van der Waals surface area contributed by atoms with E-state index in [1.807, 2.05) is 6.07 Å². The highest BCUT2D eigenvalue weighted by Crippen LogP contribution is 2.32. The molecule has 2 heterocycles. The van der Waals surface area contributed by atoms with Gasteiger partial charge in [0.05, 0.1) is 4.90 Å². The van der Waals surface area contributed by atoms with Gasteiger partial charge in [0.2, 0.25) is 15.9 Å². The average Bonchev–Trinajstić information content (AvgIpc) is 3.10. The second-order valence-electron chi connectivity index (χ2n) is 8.49. The van der Waals surface area contributed by atoms with Crippen LogP contribution in [0.4, 0.5) is 10.5 Å². The molecular formula is C24H28N4O5S. The van der Waals surface area contributed by atoms with Crippen LogP contribution in [-0.2, 0) is 25.2 Å². The van der Waals surface area contributed by atoms with Gasteiger partial charge in [-0.2, -0.15) is 4.31 Å². The molecule has 4 rings (SSSR count). The molecule has 2 aromatic rings. The predicted octanol–water partition coefficient (Wildman–Crippen LogP) is 2.66. The van der Waals surface area contributed by atoms with E-state index in [-0.39, 0.29) is 10.6 Å². The van der Waals surface area contributed by atoms with Crippen molar-refractivity contribution in [1.29, 1.82) is 0 Å². The first-order valence-electron chi connectivity index (χ1n) is 11.4. The minimum atomic E-state index is -3.66. The molecule has 4 amide bonds. The highest BCUT2D eigenvalue weighted by molar-refractivity contribution is 7.89. The molecule has 2 saturated heterocycles. The highest BCUT2D eigenvalue weighted by Gasteiger charge is 2.51. The van der Waals surface area contributed by atoms with E-state index in [0.717, 1.165) is 24.2 Å². The Hall–Kier alpha value is -3.24. The van der Waals surface area contributed by atoms with E-state index >= 15 is 0 Å². The van der Waals surface area contributed by atoms with Gasteiger partial charge in [-0.1, -0.05) is 49.7 Å². The van der Waals surface area contributed by atoms with Crippen LogP contribution >= 0.6 is 0 Å². The van der Waals surface area contributed by atoms with Crippen molar-refractivity contribution in [3.63, 3.8) is 0 Å². The fourth-order valence-corrected chi connectivity index (χ4v) is 6.03. The molecule has 2 aliphatic heterocycles. The lowest BCUT2D eigenvalue weighted by molar-refractivity contribution is -0.134. The third-order valence-electron chi connectivity index (χ3n) is 6.34. The van der Waals surface area contributed by atoms with E-state index in [9.17, 15) is 22.8 Å².